The van der Waals surface area contributed by atoms with E-state index in [9.17, 15) is 14.4 Å². The molecule has 29 heavy (non-hydrogen) atoms. The van der Waals surface area contributed by atoms with E-state index in [1.54, 1.807) is 18.2 Å². The number of esters is 1. The monoisotopic (exact) mass is 416 g/mol. The van der Waals surface area contributed by atoms with E-state index in [0.717, 1.165) is 25.7 Å². The van der Waals surface area contributed by atoms with Gasteiger partial charge in [-0.15, -0.1) is 11.3 Å². The molecule has 0 unspecified atom stereocenters. The van der Waals surface area contributed by atoms with Gasteiger partial charge in [0, 0.05) is 16.6 Å². The first-order valence-corrected chi connectivity index (χ1v) is 10.2. The Morgan fingerprint density at radius 3 is 2.66 bits per heavy atom. The van der Waals surface area contributed by atoms with E-state index >= 15 is 0 Å². The highest BCUT2D eigenvalue weighted by atomic mass is 32.1. The molecule has 4 rings (SSSR count). The molecule has 152 valence electrons. The summed E-state index contributed by atoms with van der Waals surface area (Å²) in [4.78, 5) is 37.8. The van der Waals surface area contributed by atoms with Gasteiger partial charge in [-0.2, -0.15) is 0 Å². The first kappa shape index (κ1) is 19.3. The summed E-state index contributed by atoms with van der Waals surface area (Å²) in [7, 11) is 0. The molecule has 0 radical (unpaired) electrons. The molecule has 0 fully saturated rings. The minimum absolute atomic E-state index is 0.430. The SMILES string of the molecule is O=C(COC(=O)c1cc2c(s1)CCCC2)NC(=O)Nc1ccc2c(c1)OCCO2. The van der Waals surface area contributed by atoms with Crippen LogP contribution in [0.25, 0.3) is 0 Å². The van der Waals surface area contributed by atoms with Crippen molar-refractivity contribution in [3.05, 3.63) is 39.6 Å². The molecule has 1 aliphatic heterocycles. The Hall–Kier alpha value is -3.07. The van der Waals surface area contributed by atoms with E-state index in [0.29, 0.717) is 35.3 Å². The molecule has 2 N–H and O–H groups in total. The third-order valence-corrected chi connectivity index (χ3v) is 5.80. The maximum atomic E-state index is 12.2. The molecular formula is C20H20N2O6S. The van der Waals surface area contributed by atoms with E-state index < -0.39 is 24.5 Å². The van der Waals surface area contributed by atoms with E-state index in [4.69, 9.17) is 14.2 Å². The number of fused-ring (bicyclic) bond motifs is 2. The van der Waals surface area contributed by atoms with Gasteiger partial charge < -0.3 is 19.5 Å². The second-order valence-corrected chi connectivity index (χ2v) is 7.84. The van der Waals surface area contributed by atoms with E-state index in [1.807, 2.05) is 6.07 Å². The van der Waals surface area contributed by atoms with Gasteiger partial charge in [0.25, 0.3) is 5.91 Å². The smallest absolute Gasteiger partial charge is 0.348 e. The van der Waals surface area contributed by atoms with Crippen LogP contribution >= 0.6 is 11.3 Å². The van der Waals surface area contributed by atoms with Gasteiger partial charge in [0.2, 0.25) is 0 Å². The topological polar surface area (TPSA) is 103 Å². The van der Waals surface area contributed by atoms with Crippen molar-refractivity contribution in [1.29, 1.82) is 0 Å². The van der Waals surface area contributed by atoms with Crippen LogP contribution in [-0.4, -0.2) is 37.7 Å². The molecule has 0 atom stereocenters. The Balaban J connectivity index is 1.25. The highest BCUT2D eigenvalue weighted by Gasteiger charge is 2.19. The molecule has 2 aromatic rings. The second kappa shape index (κ2) is 8.52. The van der Waals surface area contributed by atoms with Crippen LogP contribution in [-0.2, 0) is 22.4 Å². The highest BCUT2D eigenvalue weighted by molar-refractivity contribution is 7.14. The lowest BCUT2D eigenvalue weighted by molar-refractivity contribution is -0.123. The fourth-order valence-corrected chi connectivity index (χ4v) is 4.39. The number of thiophene rings is 1. The molecule has 0 saturated carbocycles. The molecule has 0 saturated heterocycles. The summed E-state index contributed by atoms with van der Waals surface area (Å²) in [5.74, 6) is -0.144. The summed E-state index contributed by atoms with van der Waals surface area (Å²) in [6.07, 6.45) is 4.20. The van der Waals surface area contributed by atoms with Crippen LogP contribution in [0, 0.1) is 0 Å². The third-order valence-electron chi connectivity index (χ3n) is 4.59. The number of urea groups is 1. The molecule has 3 amide bonds. The Bertz CT molecular complexity index is 931. The summed E-state index contributed by atoms with van der Waals surface area (Å²) in [5.41, 5.74) is 1.64. The van der Waals surface area contributed by atoms with Crippen LogP contribution in [0.1, 0.15) is 33.0 Å². The van der Waals surface area contributed by atoms with E-state index in [-0.39, 0.29) is 0 Å². The van der Waals surface area contributed by atoms with Crippen molar-refractivity contribution in [2.24, 2.45) is 0 Å². The number of carbonyl (C=O) groups is 3. The summed E-state index contributed by atoms with van der Waals surface area (Å²) in [6.45, 7) is 0.372. The van der Waals surface area contributed by atoms with Gasteiger partial charge in [0.05, 0.1) is 0 Å². The molecule has 2 heterocycles. The second-order valence-electron chi connectivity index (χ2n) is 6.70. The van der Waals surface area contributed by atoms with Crippen LogP contribution in [0.3, 0.4) is 0 Å². The van der Waals surface area contributed by atoms with Crippen molar-refractivity contribution in [3.63, 3.8) is 0 Å². The van der Waals surface area contributed by atoms with Gasteiger partial charge in [-0.05, 0) is 49.4 Å². The zero-order valence-electron chi connectivity index (χ0n) is 15.6. The normalized spacial score (nSPS) is 14.5. The molecule has 9 heteroatoms. The lowest BCUT2D eigenvalue weighted by atomic mass is 9.99. The molecule has 0 spiro atoms. The van der Waals surface area contributed by atoms with Gasteiger partial charge in [-0.25, -0.2) is 9.59 Å². The van der Waals surface area contributed by atoms with Crippen LogP contribution in [0.15, 0.2) is 24.3 Å². The molecule has 1 aromatic heterocycles. The number of aryl methyl sites for hydroxylation is 2. The molecule has 8 nitrogen and oxygen atoms in total. The highest BCUT2D eigenvalue weighted by Crippen LogP contribution is 2.32. The first-order valence-electron chi connectivity index (χ1n) is 9.38. The number of hydrogen-bond donors (Lipinski definition) is 2. The molecule has 0 bridgehead atoms. The van der Waals surface area contributed by atoms with Crippen molar-refractivity contribution in [2.75, 3.05) is 25.1 Å². The number of benzene rings is 1. The molecular weight excluding hydrogens is 396 g/mol. The Labute approximate surface area is 171 Å². The Kier molecular flexibility index (Phi) is 5.66. The number of nitrogens with one attached hydrogen (secondary N) is 2. The number of anilines is 1. The largest absolute Gasteiger partial charge is 0.486 e. The van der Waals surface area contributed by atoms with Gasteiger partial charge in [-0.3, -0.25) is 10.1 Å². The number of carbonyl (C=O) groups excluding carboxylic acids is 3. The first-order chi connectivity index (χ1) is 14.1. The van der Waals surface area contributed by atoms with Crippen molar-refractivity contribution >= 4 is 34.9 Å². The van der Waals surface area contributed by atoms with E-state index in [1.165, 1.54) is 21.8 Å². The zero-order chi connectivity index (χ0) is 20.2. The Morgan fingerprint density at radius 2 is 1.83 bits per heavy atom. The van der Waals surface area contributed by atoms with Crippen LogP contribution in [0.5, 0.6) is 11.5 Å². The lowest BCUT2D eigenvalue weighted by Crippen LogP contribution is -2.37. The van der Waals surface area contributed by atoms with Crippen LogP contribution < -0.4 is 20.1 Å². The van der Waals surface area contributed by atoms with Crippen LogP contribution in [0.2, 0.25) is 0 Å². The number of ether oxygens (including phenoxy) is 3. The van der Waals surface area contributed by atoms with Crippen molar-refractivity contribution in [1.82, 2.24) is 5.32 Å². The third kappa shape index (κ3) is 4.68. The van der Waals surface area contributed by atoms with Crippen molar-refractivity contribution < 1.29 is 28.6 Å². The average molecular weight is 416 g/mol. The van der Waals surface area contributed by atoms with Gasteiger partial charge in [0.1, 0.15) is 18.1 Å². The summed E-state index contributed by atoms with van der Waals surface area (Å²) in [5, 5.41) is 4.66. The summed E-state index contributed by atoms with van der Waals surface area (Å²) < 4.78 is 15.9. The maximum Gasteiger partial charge on any atom is 0.348 e. The lowest BCUT2D eigenvalue weighted by Gasteiger charge is -2.19. The summed E-state index contributed by atoms with van der Waals surface area (Å²) in [6, 6.07) is 6.03. The minimum Gasteiger partial charge on any atom is -0.486 e. The minimum atomic E-state index is -0.727. The standard InChI is InChI=1S/C20H20N2O6S/c23-18(11-28-19(24)17-9-12-3-1-2-4-16(12)29-17)22-20(25)21-13-5-6-14-15(10-13)27-8-7-26-14/h5-6,9-10H,1-4,7-8,11H2,(H2,21,22,23,25). The van der Waals surface area contributed by atoms with Gasteiger partial charge in [-0.1, -0.05) is 0 Å². The molecule has 1 aromatic carbocycles. The van der Waals surface area contributed by atoms with Gasteiger partial charge >= 0.3 is 12.0 Å². The van der Waals surface area contributed by atoms with Crippen LogP contribution in [0.4, 0.5) is 10.5 Å². The predicted molar refractivity (Wildman–Crippen MR) is 106 cm³/mol. The number of rotatable bonds is 4. The maximum absolute atomic E-state index is 12.2. The predicted octanol–water partition coefficient (Wildman–Crippen LogP) is 2.90. The quantitative estimate of drug-likeness (QED) is 0.743. The fraction of sp³-hybridized carbons (Fsp3) is 0.350. The number of amides is 3. The Morgan fingerprint density at radius 1 is 1.03 bits per heavy atom. The zero-order valence-corrected chi connectivity index (χ0v) is 16.4. The molecule has 1 aliphatic carbocycles. The van der Waals surface area contributed by atoms with Crippen molar-refractivity contribution in [3.8, 4) is 11.5 Å². The van der Waals surface area contributed by atoms with E-state index in [2.05, 4.69) is 10.6 Å². The average Bonchev–Trinajstić information content (AvgIpc) is 3.16. The van der Waals surface area contributed by atoms with Crippen molar-refractivity contribution in [2.45, 2.75) is 25.7 Å². The van der Waals surface area contributed by atoms with Gasteiger partial charge in [0.15, 0.2) is 18.1 Å². The number of hydrogen-bond acceptors (Lipinski definition) is 7. The number of imide groups is 1. The fourth-order valence-electron chi connectivity index (χ4n) is 3.24. The molecule has 2 aliphatic rings. The summed E-state index contributed by atoms with van der Waals surface area (Å²) >= 11 is 1.41.